The van der Waals surface area contributed by atoms with E-state index in [-0.39, 0.29) is 12.1 Å². The van der Waals surface area contributed by atoms with E-state index in [1.165, 1.54) is 6.33 Å². The Bertz CT molecular complexity index is 1210. The third-order valence-electron chi connectivity index (χ3n) is 6.81. The highest BCUT2D eigenvalue weighted by atomic mass is 16.6. The molecule has 3 heterocycles. The van der Waals surface area contributed by atoms with Crippen LogP contribution in [0.3, 0.4) is 0 Å². The zero-order chi connectivity index (χ0) is 27.2. The minimum absolute atomic E-state index is 0.175. The molecule has 2 aromatic heterocycles. The Balaban J connectivity index is 1.27. The van der Waals surface area contributed by atoms with Crippen molar-refractivity contribution in [1.82, 2.24) is 24.8 Å². The third-order valence-corrected chi connectivity index (χ3v) is 6.81. The molecule has 4 atom stereocenters. The fourth-order valence-electron chi connectivity index (χ4n) is 4.69. The predicted molar refractivity (Wildman–Crippen MR) is 149 cm³/mol. The van der Waals surface area contributed by atoms with Crippen molar-refractivity contribution in [1.29, 1.82) is 0 Å². The van der Waals surface area contributed by atoms with Crippen molar-refractivity contribution in [3.63, 3.8) is 0 Å². The molecule has 1 aliphatic heterocycles. The first-order valence-corrected chi connectivity index (χ1v) is 13.1. The van der Waals surface area contributed by atoms with E-state index in [0.717, 1.165) is 17.5 Å². The Hall–Kier alpha value is -3.19. The van der Waals surface area contributed by atoms with E-state index in [0.29, 0.717) is 42.9 Å². The second-order valence-electron chi connectivity index (χ2n) is 9.82. The van der Waals surface area contributed by atoms with Crippen molar-refractivity contribution in [2.45, 2.75) is 64.1 Å². The van der Waals surface area contributed by atoms with Gasteiger partial charge < -0.3 is 35.9 Å². The fraction of sp³-hybridized carbons (Fsp3) is 0.500. The van der Waals surface area contributed by atoms with Gasteiger partial charge in [0.1, 0.15) is 36.1 Å². The summed E-state index contributed by atoms with van der Waals surface area (Å²) in [6.07, 6.45) is 1.18. The molecule has 6 N–H and O–H groups in total. The molecule has 1 saturated heterocycles. The number of nitrogen functional groups attached to an aromatic ring is 1. The van der Waals surface area contributed by atoms with Crippen molar-refractivity contribution >= 4 is 41.3 Å². The summed E-state index contributed by atoms with van der Waals surface area (Å²) in [6.45, 7) is 7.81. The molecule has 3 aromatic rings. The van der Waals surface area contributed by atoms with Crippen LogP contribution in [0, 0.1) is 0 Å². The molecule has 1 aromatic carbocycles. The van der Waals surface area contributed by atoms with Crippen LogP contribution in [0.2, 0.25) is 6.32 Å². The highest BCUT2D eigenvalue weighted by Crippen LogP contribution is 2.33. The van der Waals surface area contributed by atoms with E-state index >= 15 is 0 Å². The van der Waals surface area contributed by atoms with Gasteiger partial charge in [-0.15, -0.1) is 0 Å². The number of urea groups is 1. The number of carbonyl (C=O) groups is 1. The first kappa shape index (κ1) is 27.8. The number of amides is 2. The van der Waals surface area contributed by atoms with Crippen LogP contribution >= 0.6 is 0 Å². The number of anilines is 2. The molecule has 12 heteroatoms. The number of rotatable bonds is 11. The van der Waals surface area contributed by atoms with Crippen LogP contribution in [-0.4, -0.2) is 86.9 Å². The molecule has 0 saturated carbocycles. The third kappa shape index (κ3) is 6.44. The Labute approximate surface area is 223 Å². The van der Waals surface area contributed by atoms with Crippen LogP contribution in [0.25, 0.3) is 11.0 Å². The molecule has 0 bridgehead atoms. The van der Waals surface area contributed by atoms with Crippen molar-refractivity contribution in [3.8, 4) is 0 Å². The highest BCUT2D eigenvalue weighted by Gasteiger charge is 2.44. The summed E-state index contributed by atoms with van der Waals surface area (Å²) in [6, 6.07) is 9.41. The van der Waals surface area contributed by atoms with E-state index in [1.807, 2.05) is 24.3 Å². The zero-order valence-electron chi connectivity index (χ0n) is 22.1. The van der Waals surface area contributed by atoms with Gasteiger partial charge in [0, 0.05) is 37.6 Å². The molecule has 1 fully saturated rings. The second kappa shape index (κ2) is 12.6. The number of aliphatic hydroxyl groups excluding tert-OH is 2. The Kier molecular flexibility index (Phi) is 9.21. The number of nitrogens with one attached hydrogen (secondary N) is 2. The number of nitrogens with two attached hydrogens (primary N) is 1. The first-order valence-electron chi connectivity index (χ1n) is 13.1. The Morgan fingerprint density at radius 3 is 2.68 bits per heavy atom. The topological polar surface area (TPSA) is 151 Å². The van der Waals surface area contributed by atoms with Gasteiger partial charge in [0.2, 0.25) is 0 Å². The van der Waals surface area contributed by atoms with Gasteiger partial charge in [-0.3, -0.25) is 4.90 Å². The minimum atomic E-state index is -1.12. The summed E-state index contributed by atoms with van der Waals surface area (Å²) in [5.74, 6) is 0.343. The summed E-state index contributed by atoms with van der Waals surface area (Å²) < 4.78 is 7.81. The zero-order valence-corrected chi connectivity index (χ0v) is 22.1. The number of aromatic nitrogens is 3. The minimum Gasteiger partial charge on any atom is -0.387 e. The van der Waals surface area contributed by atoms with Crippen LogP contribution < -0.4 is 21.8 Å². The van der Waals surface area contributed by atoms with Crippen LogP contribution in [0.4, 0.5) is 16.3 Å². The summed E-state index contributed by atoms with van der Waals surface area (Å²) >= 11 is 0. The smallest absolute Gasteiger partial charge is 0.319 e. The number of ether oxygens (including phenoxy) is 1. The molecule has 1 aliphatic rings. The molecule has 203 valence electrons. The average molecular weight is 522 g/mol. The number of hydrogen-bond acceptors (Lipinski definition) is 8. The van der Waals surface area contributed by atoms with Gasteiger partial charge in [-0.2, -0.15) is 0 Å². The van der Waals surface area contributed by atoms with Crippen LogP contribution in [0.5, 0.6) is 0 Å². The lowest BCUT2D eigenvalue weighted by molar-refractivity contribution is -0.0465. The van der Waals surface area contributed by atoms with Crippen molar-refractivity contribution in [2.75, 3.05) is 30.7 Å². The molecular weight excluding hydrogens is 485 g/mol. The Morgan fingerprint density at radius 1 is 1.21 bits per heavy atom. The Morgan fingerprint density at radius 2 is 1.97 bits per heavy atom. The number of carbonyl (C=O) groups excluding carboxylic acids is 1. The summed E-state index contributed by atoms with van der Waals surface area (Å²) in [5.41, 5.74) is 8.34. The molecular formula is C26H37BN7O4. The first-order chi connectivity index (χ1) is 18.3. The number of aliphatic hydroxyl groups is 2. The number of benzene rings is 1. The van der Waals surface area contributed by atoms with Crippen LogP contribution in [0.1, 0.15) is 33.4 Å². The van der Waals surface area contributed by atoms with Gasteiger partial charge in [-0.25, -0.2) is 14.8 Å². The van der Waals surface area contributed by atoms with E-state index in [1.54, 1.807) is 16.8 Å². The van der Waals surface area contributed by atoms with Crippen molar-refractivity contribution in [2.24, 2.45) is 0 Å². The maximum Gasteiger partial charge on any atom is 0.319 e. The SMILES string of the molecule is CC[B]c1ccc(NC(=O)NCCCN(CC2OC(n3ccc4c(N)ncnc43)C(O)C2O)C(C)C)cc1. The molecule has 2 amide bonds. The lowest BCUT2D eigenvalue weighted by atomic mass is 9.68. The van der Waals surface area contributed by atoms with E-state index in [4.69, 9.17) is 10.5 Å². The van der Waals surface area contributed by atoms with Gasteiger partial charge in [0.25, 0.3) is 0 Å². The maximum absolute atomic E-state index is 12.3. The van der Waals surface area contributed by atoms with Crippen LogP contribution in [0.15, 0.2) is 42.9 Å². The molecule has 11 nitrogen and oxygen atoms in total. The van der Waals surface area contributed by atoms with E-state index < -0.39 is 24.5 Å². The van der Waals surface area contributed by atoms with Crippen molar-refractivity contribution < 1.29 is 19.7 Å². The molecule has 0 aliphatic carbocycles. The van der Waals surface area contributed by atoms with Gasteiger partial charge in [0.15, 0.2) is 13.5 Å². The number of nitrogens with zero attached hydrogens (tertiary/aromatic N) is 4. The summed E-state index contributed by atoms with van der Waals surface area (Å²) in [7, 11) is 2.12. The van der Waals surface area contributed by atoms with Crippen molar-refractivity contribution in [3.05, 3.63) is 42.9 Å². The molecule has 0 spiro atoms. The van der Waals surface area contributed by atoms with Gasteiger partial charge in [0.05, 0.1) is 5.39 Å². The van der Waals surface area contributed by atoms with E-state index in [9.17, 15) is 15.0 Å². The average Bonchev–Trinajstić information content (AvgIpc) is 3.44. The fourth-order valence-corrected chi connectivity index (χ4v) is 4.69. The van der Waals surface area contributed by atoms with E-state index in [2.05, 4.69) is 53.6 Å². The second-order valence-corrected chi connectivity index (χ2v) is 9.82. The standard InChI is InChI=1S/C26H37BN7O4/c1-4-27-17-6-8-18(9-7-17)32-26(37)29-11-5-12-33(16(2)3)14-20-21(35)22(36)25(38-20)34-13-10-19-23(28)30-15-31-24(19)34/h6-10,13,15-16,20-22,25,35-36H,4-5,11-12,14H2,1-3H3,(H2,28,30,31)(H2,29,32,37). The number of hydrogen-bond donors (Lipinski definition) is 5. The monoisotopic (exact) mass is 522 g/mol. The lowest BCUT2D eigenvalue weighted by Crippen LogP contribution is -2.44. The van der Waals surface area contributed by atoms with Gasteiger partial charge in [-0.05, 0) is 38.5 Å². The maximum atomic E-state index is 12.3. The summed E-state index contributed by atoms with van der Waals surface area (Å²) in [5, 5.41) is 27.9. The quantitative estimate of drug-likeness (QED) is 0.187. The lowest BCUT2D eigenvalue weighted by Gasteiger charge is -2.30. The molecule has 4 unspecified atom stereocenters. The number of fused-ring (bicyclic) bond motifs is 1. The predicted octanol–water partition coefficient (Wildman–Crippen LogP) is 1.32. The van der Waals surface area contributed by atoms with Gasteiger partial charge >= 0.3 is 6.03 Å². The summed E-state index contributed by atoms with van der Waals surface area (Å²) in [4.78, 5) is 22.7. The molecule has 1 radical (unpaired) electrons. The normalized spacial score (nSPS) is 21.3. The van der Waals surface area contributed by atoms with Crippen LogP contribution in [-0.2, 0) is 4.74 Å². The van der Waals surface area contributed by atoms with Gasteiger partial charge in [-0.1, -0.05) is 30.8 Å². The largest absolute Gasteiger partial charge is 0.387 e. The molecule has 38 heavy (non-hydrogen) atoms. The molecule has 4 rings (SSSR count). The highest BCUT2D eigenvalue weighted by molar-refractivity contribution is 6.53.